The van der Waals surface area contributed by atoms with Gasteiger partial charge in [0, 0.05) is 31.7 Å². The normalized spacial score (nSPS) is 16.7. The molecule has 0 atom stereocenters. The van der Waals surface area contributed by atoms with Crippen LogP contribution in [0, 0.1) is 6.92 Å². The summed E-state index contributed by atoms with van der Waals surface area (Å²) in [6, 6.07) is 12.0. The summed E-state index contributed by atoms with van der Waals surface area (Å²) in [7, 11) is 0. The molecule has 0 spiro atoms. The number of anilines is 1. The Morgan fingerprint density at radius 1 is 1.03 bits per heavy atom. The van der Waals surface area contributed by atoms with Crippen molar-refractivity contribution in [3.63, 3.8) is 0 Å². The Labute approximate surface area is 173 Å². The van der Waals surface area contributed by atoms with E-state index in [1.165, 1.54) is 4.70 Å². The summed E-state index contributed by atoms with van der Waals surface area (Å²) in [6.07, 6.45) is 0.922. The number of rotatable bonds is 2. The van der Waals surface area contributed by atoms with Crippen LogP contribution in [0.25, 0.3) is 10.2 Å². The molecule has 2 aliphatic heterocycles. The summed E-state index contributed by atoms with van der Waals surface area (Å²) < 4.78 is 12.5. The van der Waals surface area contributed by atoms with Crippen molar-refractivity contribution in [1.82, 2.24) is 9.88 Å². The van der Waals surface area contributed by atoms with Crippen LogP contribution in [0.2, 0.25) is 0 Å². The van der Waals surface area contributed by atoms with Crippen molar-refractivity contribution >= 4 is 32.6 Å². The first-order valence-electron chi connectivity index (χ1n) is 9.99. The van der Waals surface area contributed by atoms with Crippen molar-refractivity contribution < 1.29 is 14.3 Å². The van der Waals surface area contributed by atoms with E-state index in [4.69, 9.17) is 14.5 Å². The molecule has 5 rings (SSSR count). The van der Waals surface area contributed by atoms with Crippen molar-refractivity contribution in [2.45, 2.75) is 13.3 Å². The molecule has 2 aliphatic rings. The number of hydrogen-bond donors (Lipinski definition) is 0. The number of carbonyl (C=O) groups is 1. The Bertz CT molecular complexity index is 1030. The van der Waals surface area contributed by atoms with E-state index >= 15 is 0 Å². The first-order chi connectivity index (χ1) is 14.2. The number of carbonyl (C=O) groups excluding carboxylic acids is 1. The largest absolute Gasteiger partial charge is 0.486 e. The van der Waals surface area contributed by atoms with Crippen LogP contribution in [0.3, 0.4) is 0 Å². The van der Waals surface area contributed by atoms with E-state index in [-0.39, 0.29) is 5.91 Å². The van der Waals surface area contributed by atoms with Crippen molar-refractivity contribution in [2.75, 3.05) is 44.3 Å². The van der Waals surface area contributed by atoms with Crippen molar-refractivity contribution in [2.24, 2.45) is 0 Å². The maximum atomic E-state index is 13.2. The van der Waals surface area contributed by atoms with E-state index in [2.05, 4.69) is 11.0 Å². The van der Waals surface area contributed by atoms with E-state index in [1.54, 1.807) is 11.3 Å². The van der Waals surface area contributed by atoms with Gasteiger partial charge >= 0.3 is 0 Å². The third-order valence-corrected chi connectivity index (χ3v) is 6.55. The van der Waals surface area contributed by atoms with Gasteiger partial charge in [-0.25, -0.2) is 4.98 Å². The second-order valence-corrected chi connectivity index (χ2v) is 8.42. The van der Waals surface area contributed by atoms with Crippen molar-refractivity contribution in [3.8, 4) is 11.5 Å². The molecule has 0 aliphatic carbocycles. The molecular formula is C22H23N3O3S. The molecule has 0 radical (unpaired) electrons. The second kappa shape index (κ2) is 7.55. The number of aryl methyl sites for hydroxylation is 1. The van der Waals surface area contributed by atoms with Crippen LogP contribution in [-0.4, -0.2) is 55.2 Å². The topological polar surface area (TPSA) is 54.9 Å². The Morgan fingerprint density at radius 2 is 1.83 bits per heavy atom. The lowest BCUT2D eigenvalue weighted by molar-refractivity contribution is 0.0765. The minimum absolute atomic E-state index is 0.0608. The molecule has 2 aromatic carbocycles. The maximum absolute atomic E-state index is 13.2. The number of nitrogens with zero attached hydrogens (tertiary/aromatic N) is 3. The average molecular weight is 410 g/mol. The van der Waals surface area contributed by atoms with Crippen LogP contribution in [0.5, 0.6) is 11.5 Å². The summed E-state index contributed by atoms with van der Waals surface area (Å²) in [4.78, 5) is 22.3. The molecule has 0 unspecified atom stereocenters. The monoisotopic (exact) mass is 409 g/mol. The average Bonchev–Trinajstić information content (AvgIpc) is 3.02. The number of fused-ring (bicyclic) bond motifs is 2. The number of amides is 1. The Balaban J connectivity index is 1.33. The molecule has 150 valence electrons. The number of benzene rings is 2. The molecular weight excluding hydrogens is 386 g/mol. The van der Waals surface area contributed by atoms with Crippen LogP contribution < -0.4 is 14.4 Å². The summed E-state index contributed by atoms with van der Waals surface area (Å²) in [6.45, 7) is 6.14. The Hall–Kier alpha value is -2.80. The van der Waals surface area contributed by atoms with Crippen LogP contribution in [-0.2, 0) is 0 Å². The molecule has 0 bridgehead atoms. The fourth-order valence-corrected chi connectivity index (χ4v) is 4.92. The van der Waals surface area contributed by atoms with Crippen molar-refractivity contribution in [1.29, 1.82) is 0 Å². The van der Waals surface area contributed by atoms with Crippen LogP contribution >= 0.6 is 11.3 Å². The highest BCUT2D eigenvalue weighted by molar-refractivity contribution is 7.22. The summed E-state index contributed by atoms with van der Waals surface area (Å²) in [5.41, 5.74) is 2.66. The lowest BCUT2D eigenvalue weighted by atomic mass is 10.1. The van der Waals surface area contributed by atoms with E-state index in [1.807, 2.05) is 42.2 Å². The highest BCUT2D eigenvalue weighted by atomic mass is 32.1. The van der Waals surface area contributed by atoms with Crippen molar-refractivity contribution in [3.05, 3.63) is 47.5 Å². The zero-order valence-corrected chi connectivity index (χ0v) is 17.2. The second-order valence-electron chi connectivity index (χ2n) is 7.41. The summed E-state index contributed by atoms with van der Waals surface area (Å²) >= 11 is 1.72. The maximum Gasteiger partial charge on any atom is 0.254 e. The van der Waals surface area contributed by atoms with Gasteiger partial charge in [-0.3, -0.25) is 4.79 Å². The number of hydrogen-bond acceptors (Lipinski definition) is 6. The molecule has 1 fully saturated rings. The molecule has 3 aromatic rings. The molecule has 1 saturated heterocycles. The minimum atomic E-state index is 0.0608. The number of thiazole rings is 1. The summed E-state index contributed by atoms with van der Waals surface area (Å²) in [5, 5.41) is 1.04. The van der Waals surface area contributed by atoms with Gasteiger partial charge in [-0.1, -0.05) is 23.5 Å². The zero-order chi connectivity index (χ0) is 19.8. The van der Waals surface area contributed by atoms with E-state index in [9.17, 15) is 4.79 Å². The lowest BCUT2D eigenvalue weighted by Crippen LogP contribution is -2.35. The van der Waals surface area contributed by atoms with E-state index in [0.29, 0.717) is 31.1 Å². The zero-order valence-electron chi connectivity index (χ0n) is 16.4. The highest BCUT2D eigenvalue weighted by Gasteiger charge is 2.25. The number of ether oxygens (including phenoxy) is 2. The third kappa shape index (κ3) is 3.51. The van der Waals surface area contributed by atoms with Gasteiger partial charge < -0.3 is 19.3 Å². The number of para-hydroxylation sites is 1. The van der Waals surface area contributed by atoms with Gasteiger partial charge in [-0.2, -0.15) is 0 Å². The molecule has 7 heteroatoms. The summed E-state index contributed by atoms with van der Waals surface area (Å²) in [5.74, 6) is 1.45. The fraction of sp³-hybridized carbons (Fsp3) is 0.364. The fourth-order valence-electron chi connectivity index (χ4n) is 3.90. The predicted octanol–water partition coefficient (Wildman–Crippen LogP) is 3.73. The van der Waals surface area contributed by atoms with Gasteiger partial charge in [-0.15, -0.1) is 0 Å². The van der Waals surface area contributed by atoms with Crippen LogP contribution in [0.4, 0.5) is 5.13 Å². The first kappa shape index (κ1) is 18.2. The molecule has 3 heterocycles. The van der Waals surface area contributed by atoms with Gasteiger partial charge in [0.05, 0.1) is 10.2 Å². The molecule has 6 nitrogen and oxygen atoms in total. The molecule has 1 aromatic heterocycles. The smallest absolute Gasteiger partial charge is 0.254 e. The van der Waals surface area contributed by atoms with Gasteiger partial charge in [0.2, 0.25) is 0 Å². The lowest BCUT2D eigenvalue weighted by Gasteiger charge is -2.24. The van der Waals surface area contributed by atoms with E-state index < -0.39 is 0 Å². The Morgan fingerprint density at radius 3 is 2.66 bits per heavy atom. The van der Waals surface area contributed by atoms with Gasteiger partial charge in [0.15, 0.2) is 16.6 Å². The quantitative estimate of drug-likeness (QED) is 0.646. The predicted molar refractivity (Wildman–Crippen MR) is 115 cm³/mol. The molecule has 0 saturated carbocycles. The first-order valence-corrected chi connectivity index (χ1v) is 10.8. The van der Waals surface area contributed by atoms with Crippen LogP contribution in [0.15, 0.2) is 36.4 Å². The molecule has 0 N–H and O–H groups in total. The Kier molecular flexibility index (Phi) is 4.75. The molecule has 1 amide bonds. The SMILES string of the molecule is Cc1cc2c(cc1C(=O)N1CCCN(c3nc4ccccc4s3)CC1)OCCO2. The highest BCUT2D eigenvalue weighted by Crippen LogP contribution is 2.34. The third-order valence-electron chi connectivity index (χ3n) is 5.46. The minimum Gasteiger partial charge on any atom is -0.486 e. The van der Waals surface area contributed by atoms with Gasteiger partial charge in [-0.05, 0) is 43.2 Å². The van der Waals surface area contributed by atoms with Gasteiger partial charge in [0.25, 0.3) is 5.91 Å². The van der Waals surface area contributed by atoms with Crippen LogP contribution in [0.1, 0.15) is 22.3 Å². The standard InChI is InChI=1S/C22H23N3O3S/c1-15-13-18-19(28-12-11-27-18)14-16(15)21(26)24-7-4-8-25(10-9-24)22-23-17-5-2-3-6-20(17)29-22/h2-3,5-6,13-14H,4,7-12H2,1H3. The number of aromatic nitrogens is 1. The molecule has 29 heavy (non-hydrogen) atoms. The van der Waals surface area contributed by atoms with Gasteiger partial charge in [0.1, 0.15) is 13.2 Å². The van der Waals surface area contributed by atoms with E-state index in [0.717, 1.165) is 48.0 Å².